The quantitative estimate of drug-likeness (QED) is 0.459. The van der Waals surface area contributed by atoms with E-state index in [0.29, 0.717) is 0 Å². The number of methoxy groups -OCH3 is 2. The number of ether oxygens (including phenoxy) is 3. The first kappa shape index (κ1) is 18.7. The summed E-state index contributed by atoms with van der Waals surface area (Å²) in [6, 6.07) is 0. The Bertz CT molecular complexity index is 291. The van der Waals surface area contributed by atoms with Crippen molar-refractivity contribution in [1.29, 1.82) is 0 Å². The highest BCUT2D eigenvalue weighted by Gasteiger charge is 2.27. The van der Waals surface area contributed by atoms with Gasteiger partial charge in [-0.25, -0.2) is 0 Å². The summed E-state index contributed by atoms with van der Waals surface area (Å²) in [6.07, 6.45) is -4.12. The molecule has 0 radical (unpaired) electrons. The van der Waals surface area contributed by atoms with Crippen molar-refractivity contribution in [3.05, 3.63) is 0 Å². The SMILES string of the molecule is COC(=O)CN(CCCOCC(F)(F)F)CC(=O)OC. The van der Waals surface area contributed by atoms with Crippen LogP contribution >= 0.6 is 0 Å². The molecule has 0 rings (SSSR count). The van der Waals surface area contributed by atoms with Crippen LogP contribution in [-0.4, -0.2) is 70.1 Å². The van der Waals surface area contributed by atoms with E-state index >= 15 is 0 Å². The van der Waals surface area contributed by atoms with Crippen molar-refractivity contribution < 1.29 is 37.0 Å². The Balaban J connectivity index is 4.03. The molecule has 0 aliphatic rings. The summed E-state index contributed by atoms with van der Waals surface area (Å²) >= 11 is 0. The van der Waals surface area contributed by atoms with Gasteiger partial charge in [-0.2, -0.15) is 13.2 Å². The molecule has 20 heavy (non-hydrogen) atoms. The maximum absolute atomic E-state index is 11.8. The Morgan fingerprint density at radius 2 is 1.55 bits per heavy atom. The molecular weight excluding hydrogens is 283 g/mol. The number of esters is 2. The second-order valence-corrected chi connectivity index (χ2v) is 3.88. The van der Waals surface area contributed by atoms with Crippen LogP contribution in [-0.2, 0) is 23.8 Å². The van der Waals surface area contributed by atoms with E-state index in [4.69, 9.17) is 0 Å². The van der Waals surface area contributed by atoms with E-state index in [1.165, 1.54) is 19.1 Å². The maximum atomic E-state index is 11.8. The van der Waals surface area contributed by atoms with Gasteiger partial charge in [-0.1, -0.05) is 0 Å². The first-order valence-corrected chi connectivity index (χ1v) is 5.79. The van der Waals surface area contributed by atoms with Crippen LogP contribution in [0.2, 0.25) is 0 Å². The first-order valence-electron chi connectivity index (χ1n) is 5.79. The van der Waals surface area contributed by atoms with Gasteiger partial charge in [0.05, 0.1) is 27.3 Å². The highest BCUT2D eigenvalue weighted by Crippen LogP contribution is 2.14. The summed E-state index contributed by atoms with van der Waals surface area (Å²) in [5.41, 5.74) is 0. The molecule has 118 valence electrons. The minimum atomic E-state index is -4.36. The molecule has 9 heteroatoms. The zero-order chi connectivity index (χ0) is 15.6. The number of hydrogen-bond acceptors (Lipinski definition) is 6. The average Bonchev–Trinajstić information content (AvgIpc) is 2.36. The van der Waals surface area contributed by atoms with Crippen LogP contribution in [0.1, 0.15) is 6.42 Å². The molecule has 0 heterocycles. The summed E-state index contributed by atoms with van der Waals surface area (Å²) in [7, 11) is 2.40. The molecular formula is C11H18F3NO5. The van der Waals surface area contributed by atoms with Crippen molar-refractivity contribution in [2.24, 2.45) is 0 Å². The molecule has 0 aromatic rings. The molecule has 0 atom stereocenters. The van der Waals surface area contributed by atoms with Crippen molar-refractivity contribution >= 4 is 11.9 Å². The average molecular weight is 301 g/mol. The topological polar surface area (TPSA) is 65.1 Å². The Morgan fingerprint density at radius 3 is 1.95 bits per heavy atom. The van der Waals surface area contributed by atoms with Gasteiger partial charge in [0.25, 0.3) is 0 Å². The fourth-order valence-corrected chi connectivity index (χ4v) is 1.29. The molecule has 0 aromatic carbocycles. The van der Waals surface area contributed by atoms with Crippen molar-refractivity contribution in [1.82, 2.24) is 4.90 Å². The minimum absolute atomic E-state index is 0.127. The Labute approximate surface area is 114 Å². The lowest BCUT2D eigenvalue weighted by Crippen LogP contribution is -2.36. The van der Waals surface area contributed by atoms with E-state index in [2.05, 4.69) is 14.2 Å². The lowest BCUT2D eigenvalue weighted by Gasteiger charge is -2.19. The van der Waals surface area contributed by atoms with E-state index in [0.717, 1.165) is 0 Å². The zero-order valence-corrected chi connectivity index (χ0v) is 11.4. The molecule has 0 saturated carbocycles. The number of rotatable bonds is 9. The summed E-state index contributed by atoms with van der Waals surface area (Å²) < 4.78 is 48.8. The summed E-state index contributed by atoms with van der Waals surface area (Å²) in [4.78, 5) is 23.6. The molecule has 0 unspecified atom stereocenters. The van der Waals surface area contributed by atoms with E-state index in [1.54, 1.807) is 0 Å². The maximum Gasteiger partial charge on any atom is 0.411 e. The second kappa shape index (κ2) is 9.54. The second-order valence-electron chi connectivity index (χ2n) is 3.88. The molecule has 0 aliphatic carbocycles. The number of halogens is 3. The minimum Gasteiger partial charge on any atom is -0.468 e. The Morgan fingerprint density at radius 1 is 1.05 bits per heavy atom. The van der Waals surface area contributed by atoms with Gasteiger partial charge < -0.3 is 14.2 Å². The van der Waals surface area contributed by atoms with Gasteiger partial charge in [0.15, 0.2) is 0 Å². The van der Waals surface area contributed by atoms with Gasteiger partial charge in [0, 0.05) is 13.2 Å². The van der Waals surface area contributed by atoms with Gasteiger partial charge in [-0.15, -0.1) is 0 Å². The number of nitrogens with zero attached hydrogens (tertiary/aromatic N) is 1. The van der Waals surface area contributed by atoms with Crippen LogP contribution < -0.4 is 0 Å². The van der Waals surface area contributed by atoms with Crippen molar-refractivity contribution in [3.63, 3.8) is 0 Å². The molecule has 0 aliphatic heterocycles. The predicted molar refractivity (Wildman–Crippen MR) is 62.0 cm³/mol. The summed E-state index contributed by atoms with van der Waals surface area (Å²) in [5.74, 6) is -1.10. The van der Waals surface area contributed by atoms with Gasteiger partial charge in [-0.05, 0) is 6.42 Å². The van der Waals surface area contributed by atoms with Crippen LogP contribution in [0.15, 0.2) is 0 Å². The van der Waals surface area contributed by atoms with Gasteiger partial charge >= 0.3 is 18.1 Å². The molecule has 0 fully saturated rings. The molecule has 0 amide bonds. The number of alkyl halides is 3. The first-order chi connectivity index (χ1) is 9.28. The van der Waals surface area contributed by atoms with Crippen LogP contribution in [0, 0.1) is 0 Å². The number of carbonyl (C=O) groups is 2. The lowest BCUT2D eigenvalue weighted by atomic mass is 10.3. The van der Waals surface area contributed by atoms with Gasteiger partial charge in [0.2, 0.25) is 0 Å². The van der Waals surface area contributed by atoms with Crippen LogP contribution in [0.25, 0.3) is 0 Å². The number of carbonyl (C=O) groups excluding carboxylic acids is 2. The fraction of sp³-hybridized carbons (Fsp3) is 0.818. The van der Waals surface area contributed by atoms with E-state index in [9.17, 15) is 22.8 Å². The molecule has 0 bridgehead atoms. The monoisotopic (exact) mass is 301 g/mol. The summed E-state index contributed by atoms with van der Waals surface area (Å²) in [5, 5.41) is 0. The van der Waals surface area contributed by atoms with Gasteiger partial charge in [0.1, 0.15) is 6.61 Å². The molecule has 0 spiro atoms. The smallest absolute Gasteiger partial charge is 0.411 e. The van der Waals surface area contributed by atoms with E-state index in [1.807, 2.05) is 0 Å². The lowest BCUT2D eigenvalue weighted by molar-refractivity contribution is -0.174. The van der Waals surface area contributed by atoms with Crippen LogP contribution in [0.4, 0.5) is 13.2 Å². The zero-order valence-electron chi connectivity index (χ0n) is 11.4. The predicted octanol–water partition coefficient (Wildman–Crippen LogP) is 0.603. The van der Waals surface area contributed by atoms with Crippen molar-refractivity contribution in [2.75, 3.05) is 47.1 Å². The van der Waals surface area contributed by atoms with Crippen molar-refractivity contribution in [2.45, 2.75) is 12.6 Å². The molecule has 6 nitrogen and oxygen atoms in total. The van der Waals surface area contributed by atoms with Crippen LogP contribution in [0.3, 0.4) is 0 Å². The highest BCUT2D eigenvalue weighted by atomic mass is 19.4. The molecule has 0 aromatic heterocycles. The Kier molecular flexibility index (Phi) is 8.89. The van der Waals surface area contributed by atoms with E-state index in [-0.39, 0.29) is 32.7 Å². The van der Waals surface area contributed by atoms with E-state index < -0.39 is 24.7 Å². The Hall–Kier alpha value is -1.35. The molecule has 0 N–H and O–H groups in total. The standard InChI is InChI=1S/C11H18F3NO5/c1-18-9(16)6-15(7-10(17)19-2)4-3-5-20-8-11(12,13)14/h3-8H2,1-2H3. The van der Waals surface area contributed by atoms with Gasteiger partial charge in [-0.3, -0.25) is 14.5 Å². The largest absolute Gasteiger partial charge is 0.468 e. The summed E-state index contributed by atoms with van der Waals surface area (Å²) in [6.45, 7) is -1.53. The van der Waals surface area contributed by atoms with Crippen LogP contribution in [0.5, 0.6) is 0 Å². The third-order valence-corrected chi connectivity index (χ3v) is 2.19. The third kappa shape index (κ3) is 10.6. The number of hydrogen-bond donors (Lipinski definition) is 0. The third-order valence-electron chi connectivity index (χ3n) is 2.19. The normalized spacial score (nSPS) is 11.5. The highest BCUT2D eigenvalue weighted by molar-refractivity contribution is 5.74. The van der Waals surface area contributed by atoms with Crippen molar-refractivity contribution in [3.8, 4) is 0 Å². The fourth-order valence-electron chi connectivity index (χ4n) is 1.29. The molecule has 0 saturated heterocycles.